The van der Waals surface area contributed by atoms with Gasteiger partial charge in [0.15, 0.2) is 0 Å². The van der Waals surface area contributed by atoms with Crippen LogP contribution in [0.25, 0.3) is 0 Å². The van der Waals surface area contributed by atoms with Crippen LogP contribution < -0.4 is 13.2 Å². The van der Waals surface area contributed by atoms with Gasteiger partial charge in [0.2, 0.25) is 0 Å². The molecule has 0 aliphatic rings. The first-order valence-corrected chi connectivity index (χ1v) is 9.45. The summed E-state index contributed by atoms with van der Waals surface area (Å²) in [4.78, 5) is 0. The Morgan fingerprint density at radius 2 is 1.33 bits per heavy atom. The normalized spacial score (nSPS) is 9.73. The Bertz CT molecular complexity index is 378. The Labute approximate surface area is 107 Å². The Morgan fingerprint density at radius 3 is 1.73 bits per heavy atom. The Hall–Kier alpha value is 0.0662. The summed E-state index contributed by atoms with van der Waals surface area (Å²) >= 11 is 3.19. The number of hydrogen-bond acceptors (Lipinski definition) is 2. The topological polar surface area (TPSA) is 18.5 Å². The minimum absolute atomic E-state index is 0.438. The number of halogens is 1. The highest BCUT2D eigenvalue weighted by atomic mass is 79.9. The van der Waals surface area contributed by atoms with Crippen molar-refractivity contribution in [2.45, 2.75) is 20.8 Å². The molecule has 0 atom stereocenters. The maximum absolute atomic E-state index is 5.48. The summed E-state index contributed by atoms with van der Waals surface area (Å²) in [5.41, 5.74) is 3.56. The molecule has 0 amide bonds. The van der Waals surface area contributed by atoms with Crippen molar-refractivity contribution in [1.29, 1.82) is 0 Å². The van der Waals surface area contributed by atoms with Crippen molar-refractivity contribution in [2.24, 2.45) is 0 Å². The second-order valence-electron chi connectivity index (χ2n) is 3.55. The Kier molecular flexibility index (Phi) is 4.74. The maximum Gasteiger partial charge on any atom is 0.513 e. The van der Waals surface area contributed by atoms with Gasteiger partial charge in [0.05, 0.1) is 20.0 Å². The molecule has 0 saturated carbocycles. The van der Waals surface area contributed by atoms with E-state index in [1.54, 1.807) is 14.2 Å². The zero-order valence-electron chi connectivity index (χ0n) is 9.90. The highest BCUT2D eigenvalue weighted by Crippen LogP contribution is 2.30. The molecule has 0 heterocycles. The summed E-state index contributed by atoms with van der Waals surface area (Å²) in [6.45, 7) is 6.25. The van der Waals surface area contributed by atoms with Crippen molar-refractivity contribution in [3.05, 3.63) is 16.7 Å². The lowest BCUT2D eigenvalue weighted by Gasteiger charge is -2.20. The van der Waals surface area contributed by atoms with E-state index in [9.17, 15) is 0 Å². The van der Waals surface area contributed by atoms with E-state index >= 15 is 0 Å². The maximum atomic E-state index is 5.48. The average molecular weight is 283 g/mol. The molecule has 0 radical (unpaired) electrons. The van der Waals surface area contributed by atoms with Gasteiger partial charge in [-0.1, -0.05) is 0 Å². The van der Waals surface area contributed by atoms with Crippen molar-refractivity contribution in [3.8, 4) is 11.5 Å². The van der Waals surface area contributed by atoms with E-state index in [4.69, 9.17) is 9.47 Å². The monoisotopic (exact) mass is 282 g/mol. The molecule has 80 valence electrons. The van der Waals surface area contributed by atoms with Gasteiger partial charge in [-0.05, 0) is 37.5 Å². The van der Waals surface area contributed by atoms with E-state index in [1.165, 1.54) is 20.4 Å². The van der Waals surface area contributed by atoms with Crippen LogP contribution in [0, 0.1) is 20.8 Å². The molecular formula is C11H15BrMgO2. The van der Waals surface area contributed by atoms with E-state index in [0.717, 1.165) is 11.5 Å². The van der Waals surface area contributed by atoms with Gasteiger partial charge < -0.3 is 9.47 Å². The van der Waals surface area contributed by atoms with Gasteiger partial charge in [0, 0.05) is 0 Å². The van der Waals surface area contributed by atoms with Crippen LogP contribution >= 0.6 is 12.9 Å². The van der Waals surface area contributed by atoms with Gasteiger partial charge in [0.25, 0.3) is 0 Å². The molecule has 1 aromatic rings. The van der Waals surface area contributed by atoms with Gasteiger partial charge in [-0.3, -0.25) is 12.9 Å². The third-order valence-corrected chi connectivity index (χ3v) is 5.65. The fourth-order valence-electron chi connectivity index (χ4n) is 1.90. The minimum atomic E-state index is -0.438. The van der Waals surface area contributed by atoms with E-state index in [0.29, 0.717) is 0 Å². The first-order valence-electron chi connectivity index (χ1n) is 4.85. The fourth-order valence-corrected chi connectivity index (χ4v) is 4.82. The standard InChI is InChI=1S/C11H15O2.BrH.Mg/c1-7-6-10(12-4)8(2)9(3)11(7)13-5;;/h1-5H3;1H;/q;;+1/p-1. The largest absolute Gasteiger partial charge is 0.513 e. The number of methoxy groups -OCH3 is 2. The van der Waals surface area contributed by atoms with Crippen molar-refractivity contribution in [1.82, 2.24) is 0 Å². The Morgan fingerprint density at radius 1 is 0.867 bits per heavy atom. The summed E-state index contributed by atoms with van der Waals surface area (Å²) in [6, 6.07) is 0. The lowest BCUT2D eigenvalue weighted by molar-refractivity contribution is 0.398. The summed E-state index contributed by atoms with van der Waals surface area (Å²) in [6.07, 6.45) is 0. The first-order chi connectivity index (χ1) is 7.08. The zero-order valence-corrected chi connectivity index (χ0v) is 12.9. The number of ether oxygens (including phenoxy) is 2. The van der Waals surface area contributed by atoms with Gasteiger partial charge >= 0.3 is 18.2 Å². The summed E-state index contributed by atoms with van der Waals surface area (Å²) in [5.74, 6) is 2.02. The van der Waals surface area contributed by atoms with Gasteiger partial charge in [-0.15, -0.1) is 3.69 Å². The van der Waals surface area contributed by atoms with E-state index < -0.39 is 18.2 Å². The van der Waals surface area contributed by atoms with Gasteiger partial charge in [0.1, 0.15) is 5.75 Å². The molecule has 4 heteroatoms. The van der Waals surface area contributed by atoms with Crippen molar-refractivity contribution < 1.29 is 9.47 Å². The lowest BCUT2D eigenvalue weighted by Crippen LogP contribution is -2.19. The SMILES string of the molecule is COc1c(C)c(C)c(OC)[c]([Mg][Br])c1C. The van der Waals surface area contributed by atoms with Crippen LogP contribution in [0.4, 0.5) is 0 Å². The second-order valence-corrected chi connectivity index (χ2v) is 6.21. The Balaban J connectivity index is 3.57. The van der Waals surface area contributed by atoms with Crippen LogP contribution in [0.2, 0.25) is 0 Å². The van der Waals surface area contributed by atoms with Crippen molar-refractivity contribution >= 4 is 34.8 Å². The average Bonchev–Trinajstić information content (AvgIpc) is 2.23. The van der Waals surface area contributed by atoms with E-state index in [1.807, 2.05) is 0 Å². The molecule has 0 aliphatic heterocycles. The fraction of sp³-hybridized carbons (Fsp3) is 0.455. The quantitative estimate of drug-likeness (QED) is 0.792. The molecular weight excluding hydrogens is 268 g/mol. The van der Waals surface area contributed by atoms with Crippen LogP contribution in [0.5, 0.6) is 11.5 Å². The molecule has 0 aliphatic carbocycles. The molecule has 1 aromatic carbocycles. The van der Waals surface area contributed by atoms with Crippen LogP contribution in [0.1, 0.15) is 16.7 Å². The lowest BCUT2D eigenvalue weighted by atomic mass is 10.0. The molecule has 1 rings (SSSR count). The molecule has 0 spiro atoms. The van der Waals surface area contributed by atoms with Crippen molar-refractivity contribution in [3.63, 3.8) is 0 Å². The third kappa shape index (κ3) is 2.27. The number of hydrogen-bond donors (Lipinski definition) is 0. The molecule has 0 fully saturated rings. The molecule has 0 saturated heterocycles. The molecule has 0 N–H and O–H groups in total. The second kappa shape index (κ2) is 5.41. The molecule has 15 heavy (non-hydrogen) atoms. The summed E-state index contributed by atoms with van der Waals surface area (Å²) < 4.78 is 12.2. The summed E-state index contributed by atoms with van der Waals surface area (Å²) in [7, 11) is 3.45. The van der Waals surface area contributed by atoms with E-state index in [2.05, 4.69) is 33.7 Å². The van der Waals surface area contributed by atoms with Crippen LogP contribution in [-0.2, 0) is 0 Å². The molecule has 2 nitrogen and oxygen atoms in total. The van der Waals surface area contributed by atoms with E-state index in [-0.39, 0.29) is 0 Å². The zero-order chi connectivity index (χ0) is 11.6. The molecule has 0 aromatic heterocycles. The number of rotatable bonds is 3. The van der Waals surface area contributed by atoms with Gasteiger partial charge in [-0.25, -0.2) is 0 Å². The molecule has 0 bridgehead atoms. The molecule has 0 unspecified atom stereocenters. The third-order valence-electron chi connectivity index (χ3n) is 2.85. The highest BCUT2D eigenvalue weighted by molar-refractivity contribution is 9.23. The predicted octanol–water partition coefficient (Wildman–Crippen LogP) is 2.27. The van der Waals surface area contributed by atoms with Crippen molar-refractivity contribution in [2.75, 3.05) is 14.2 Å². The highest BCUT2D eigenvalue weighted by Gasteiger charge is 2.17. The predicted molar refractivity (Wildman–Crippen MR) is 68.1 cm³/mol. The number of benzene rings is 1. The van der Waals surface area contributed by atoms with Crippen LogP contribution in [0.15, 0.2) is 0 Å². The smallest absolute Gasteiger partial charge is 0.499 e. The van der Waals surface area contributed by atoms with Crippen LogP contribution in [-0.4, -0.2) is 32.4 Å². The summed E-state index contributed by atoms with van der Waals surface area (Å²) in [5, 5.41) is 0. The minimum Gasteiger partial charge on any atom is -0.499 e. The van der Waals surface area contributed by atoms with Gasteiger partial charge in [-0.2, -0.15) is 0 Å². The van der Waals surface area contributed by atoms with Crippen LogP contribution in [0.3, 0.4) is 0 Å². The first kappa shape index (κ1) is 13.1.